The van der Waals surface area contributed by atoms with Crippen LogP contribution in [0.5, 0.6) is 0 Å². The maximum atomic E-state index is 4.96. The average Bonchev–Trinajstić information content (AvgIpc) is 4.22. The number of aromatic nitrogens is 4. The Hall–Kier alpha value is -6.81. The van der Waals surface area contributed by atoms with E-state index in [4.69, 9.17) is 10.2 Å². The summed E-state index contributed by atoms with van der Waals surface area (Å²) in [4.78, 5) is 10.7. The van der Waals surface area contributed by atoms with E-state index in [1.54, 1.807) is 0 Å². The molecule has 0 spiro atoms. The highest BCUT2D eigenvalue weighted by molar-refractivity contribution is 8.02. The number of fused-ring (bicyclic) bond motifs is 8. The lowest BCUT2D eigenvalue weighted by molar-refractivity contribution is 0.880. The Kier molecular flexibility index (Phi) is 10.6. The second kappa shape index (κ2) is 17.4. The van der Waals surface area contributed by atoms with Gasteiger partial charge in [0.1, 0.15) is 0 Å². The van der Waals surface area contributed by atoms with E-state index in [1.807, 2.05) is 59.4 Å². The van der Waals surface area contributed by atoms with Gasteiger partial charge in [-0.05, 0) is 187 Å². The normalized spacial score (nSPS) is 14.4. The van der Waals surface area contributed by atoms with Crippen LogP contribution in [0.25, 0.3) is 44.8 Å². The molecule has 0 N–H and O–H groups in total. The first-order valence-electron chi connectivity index (χ1n) is 25.8. The van der Waals surface area contributed by atoms with E-state index in [-0.39, 0.29) is 13.4 Å². The molecule has 0 bridgehead atoms. The first-order chi connectivity index (χ1) is 36.6. The molecular formula is C65H48B2N4S4. The third kappa shape index (κ3) is 7.42. The molecule has 0 saturated heterocycles. The molecule has 0 saturated carbocycles. The quantitative estimate of drug-likeness (QED) is 0.154. The van der Waals surface area contributed by atoms with Crippen molar-refractivity contribution in [1.29, 1.82) is 0 Å². The van der Waals surface area contributed by atoms with Gasteiger partial charge < -0.3 is 0 Å². The standard InChI is InChI=1S/C65H48B2N4S4/c1-36-23-38(3)62(39(4)24-36)46-32-68-70(34-46)48-17-21-56-52(30-48)66-50-28-44(15-19-54(50)72-58-9-7-11-60(74-56)64(58)66)42-13-14-43(27-42)45-16-20-55-51(29-45)67-53-31-49(18-22-57(53)75-61-12-8-10-59(73-55)65(61)67)71-35-47(33-69-71)63-40(5)25-37(2)26-41(63)6/h7-13,15-35H,14H2,1-6H3. The topological polar surface area (TPSA) is 35.6 Å². The van der Waals surface area contributed by atoms with Crippen molar-refractivity contribution in [2.45, 2.75) is 87.1 Å². The lowest BCUT2D eigenvalue weighted by Gasteiger charge is -2.33. The zero-order valence-corrected chi connectivity index (χ0v) is 45.7. The molecule has 10 heteroatoms. The summed E-state index contributed by atoms with van der Waals surface area (Å²) in [5.41, 5.74) is 28.3. The summed E-state index contributed by atoms with van der Waals surface area (Å²) >= 11 is 7.64. The van der Waals surface area contributed by atoms with E-state index in [0.29, 0.717) is 0 Å². The second-order valence-corrected chi connectivity index (χ2v) is 25.3. The minimum Gasteiger partial charge on any atom is -0.240 e. The van der Waals surface area contributed by atoms with Crippen LogP contribution in [0.1, 0.15) is 50.9 Å². The summed E-state index contributed by atoms with van der Waals surface area (Å²) in [6, 6.07) is 51.2. The van der Waals surface area contributed by atoms with Gasteiger partial charge in [0.05, 0.1) is 23.8 Å². The van der Waals surface area contributed by atoms with Crippen LogP contribution in [0.4, 0.5) is 0 Å². The molecule has 0 radical (unpaired) electrons. The summed E-state index contributed by atoms with van der Waals surface area (Å²) in [6.07, 6.45) is 14.2. The van der Waals surface area contributed by atoms with Gasteiger partial charge in [0.25, 0.3) is 0 Å². The molecule has 358 valence electrons. The average molecular weight is 1040 g/mol. The van der Waals surface area contributed by atoms with Crippen molar-refractivity contribution >= 4 is 104 Å². The lowest BCUT2D eigenvalue weighted by Crippen LogP contribution is -2.58. The van der Waals surface area contributed by atoms with Gasteiger partial charge in [-0.25, -0.2) is 9.36 Å². The second-order valence-electron chi connectivity index (χ2n) is 21.0. The van der Waals surface area contributed by atoms with Gasteiger partial charge in [0.15, 0.2) is 0 Å². The van der Waals surface area contributed by atoms with Crippen LogP contribution >= 0.6 is 47.0 Å². The predicted molar refractivity (Wildman–Crippen MR) is 319 cm³/mol. The Morgan fingerprint density at radius 3 is 1.27 bits per heavy atom. The zero-order chi connectivity index (χ0) is 50.4. The van der Waals surface area contributed by atoms with Crippen molar-refractivity contribution in [3.8, 4) is 33.6 Å². The molecule has 0 unspecified atom stereocenters. The first-order valence-corrected chi connectivity index (χ1v) is 29.0. The van der Waals surface area contributed by atoms with Gasteiger partial charge >= 0.3 is 0 Å². The molecule has 15 rings (SSSR count). The molecule has 0 fully saturated rings. The number of hydrogen-bond acceptors (Lipinski definition) is 6. The maximum Gasteiger partial charge on any atom is 0.247 e. The van der Waals surface area contributed by atoms with Gasteiger partial charge in [0.2, 0.25) is 13.4 Å². The fraction of sp³-hybridized carbons (Fsp3) is 0.108. The van der Waals surface area contributed by atoms with E-state index in [1.165, 1.54) is 139 Å². The van der Waals surface area contributed by atoms with Crippen LogP contribution in [-0.4, -0.2) is 33.0 Å². The van der Waals surface area contributed by atoms with Crippen molar-refractivity contribution in [2.24, 2.45) is 0 Å². The molecule has 8 aromatic carbocycles. The van der Waals surface area contributed by atoms with Crippen LogP contribution in [0.2, 0.25) is 0 Å². The molecular weight excluding hydrogens is 987 g/mol. The minimum absolute atomic E-state index is 0.116. The number of benzene rings is 8. The van der Waals surface area contributed by atoms with E-state index in [2.05, 4.69) is 209 Å². The van der Waals surface area contributed by atoms with Crippen LogP contribution < -0.4 is 32.8 Å². The highest BCUT2D eigenvalue weighted by atomic mass is 32.2. The van der Waals surface area contributed by atoms with Crippen LogP contribution in [-0.2, 0) is 0 Å². The molecule has 5 aliphatic rings. The smallest absolute Gasteiger partial charge is 0.240 e. The van der Waals surface area contributed by atoms with Gasteiger partial charge in [-0.1, -0.05) is 153 Å². The first kappa shape index (κ1) is 45.6. The maximum absolute atomic E-state index is 4.96. The van der Waals surface area contributed by atoms with E-state index in [0.717, 1.165) is 28.9 Å². The Balaban J connectivity index is 0.769. The molecule has 0 atom stereocenters. The van der Waals surface area contributed by atoms with Crippen molar-refractivity contribution in [2.75, 3.05) is 0 Å². The third-order valence-corrected chi connectivity index (χ3v) is 20.6. The molecule has 0 amide bonds. The SMILES string of the molecule is Cc1cc(C)c(-c2cnn(-c3ccc4c(c3)B3c5cc(C6=CCC(c7ccc8c(c7)B7c9cc(-n%10cc(-c%11c(C)cc(C)cc%11C)cn%10)ccc9Sc9cccc(c97)S8)=C6)ccc5Sc5cccc(c53)S4)c2)c(C)c1. The van der Waals surface area contributed by atoms with E-state index in [9.17, 15) is 0 Å². The Morgan fingerprint density at radius 2 is 0.813 bits per heavy atom. The molecule has 4 nitrogen and oxygen atoms in total. The zero-order valence-electron chi connectivity index (χ0n) is 42.4. The number of hydrogen-bond donors (Lipinski definition) is 0. The molecule has 10 aromatic rings. The van der Waals surface area contributed by atoms with Crippen LogP contribution in [0.3, 0.4) is 0 Å². The van der Waals surface area contributed by atoms with E-state index < -0.39 is 0 Å². The number of allylic oxidation sites excluding steroid dienone is 4. The van der Waals surface area contributed by atoms with Crippen molar-refractivity contribution in [1.82, 2.24) is 19.6 Å². The predicted octanol–water partition coefficient (Wildman–Crippen LogP) is 13.0. The molecule has 6 heterocycles. The summed E-state index contributed by atoms with van der Waals surface area (Å²) in [5, 5.41) is 9.93. The largest absolute Gasteiger partial charge is 0.247 e. The van der Waals surface area contributed by atoms with Gasteiger partial charge in [-0.15, -0.1) is 0 Å². The van der Waals surface area contributed by atoms with Gasteiger partial charge in [-0.3, -0.25) is 0 Å². The summed E-state index contributed by atoms with van der Waals surface area (Å²) in [7, 11) is 0. The Labute approximate surface area is 456 Å². The third-order valence-electron chi connectivity index (χ3n) is 16.0. The number of aryl methyl sites for hydroxylation is 6. The fourth-order valence-corrected chi connectivity index (χ4v) is 17.6. The fourth-order valence-electron chi connectivity index (χ4n) is 12.9. The lowest BCUT2D eigenvalue weighted by atomic mass is 9.36. The Bertz CT molecular complexity index is 4140. The summed E-state index contributed by atoms with van der Waals surface area (Å²) < 4.78 is 4.13. The molecule has 1 aliphatic carbocycles. The summed E-state index contributed by atoms with van der Waals surface area (Å²) in [5.74, 6) is 0. The van der Waals surface area contributed by atoms with Gasteiger partial charge in [-0.2, -0.15) is 10.2 Å². The van der Waals surface area contributed by atoms with Crippen molar-refractivity contribution in [3.05, 3.63) is 215 Å². The molecule has 4 aliphatic heterocycles. The van der Waals surface area contributed by atoms with E-state index >= 15 is 0 Å². The highest BCUT2D eigenvalue weighted by Crippen LogP contribution is 2.43. The van der Waals surface area contributed by atoms with Gasteiger partial charge in [0, 0.05) is 62.7 Å². The minimum atomic E-state index is 0.116. The van der Waals surface area contributed by atoms with Crippen LogP contribution in [0, 0.1) is 41.5 Å². The molecule has 2 aromatic heterocycles. The highest BCUT2D eigenvalue weighted by Gasteiger charge is 2.40. The monoisotopic (exact) mass is 1030 g/mol. The number of nitrogens with zero attached hydrogens (tertiary/aromatic N) is 4. The van der Waals surface area contributed by atoms with Crippen LogP contribution in [0.15, 0.2) is 210 Å². The molecule has 75 heavy (non-hydrogen) atoms. The van der Waals surface area contributed by atoms with Crippen molar-refractivity contribution < 1.29 is 0 Å². The van der Waals surface area contributed by atoms with Crippen molar-refractivity contribution in [3.63, 3.8) is 0 Å². The summed E-state index contributed by atoms with van der Waals surface area (Å²) in [6.45, 7) is 13.4. The number of rotatable bonds is 6. The Morgan fingerprint density at radius 1 is 0.413 bits per heavy atom.